The standard InChI is InChI=1S/C16H21N3O3/c1-4-5-10-19-15(8-9-17-19)18-16(20)12-6-7-13(21-2)14(11-12)22-3/h6-9,11H,4-5,10H2,1-3H3,(H,18,20). The number of carbonyl (C=O) groups excluding carboxylic acids is 1. The number of aryl methyl sites for hydroxylation is 1. The Bertz CT molecular complexity index is 637. The number of benzene rings is 1. The lowest BCUT2D eigenvalue weighted by atomic mass is 10.2. The zero-order chi connectivity index (χ0) is 15.9. The van der Waals surface area contributed by atoms with Gasteiger partial charge in [0.1, 0.15) is 5.82 Å². The fraction of sp³-hybridized carbons (Fsp3) is 0.375. The van der Waals surface area contributed by atoms with E-state index < -0.39 is 0 Å². The van der Waals surface area contributed by atoms with Crippen molar-refractivity contribution in [2.45, 2.75) is 26.3 Å². The number of aromatic nitrogens is 2. The van der Waals surface area contributed by atoms with Gasteiger partial charge >= 0.3 is 0 Å². The lowest BCUT2D eigenvalue weighted by Gasteiger charge is -2.11. The van der Waals surface area contributed by atoms with E-state index >= 15 is 0 Å². The summed E-state index contributed by atoms with van der Waals surface area (Å²) in [5.74, 6) is 1.59. The van der Waals surface area contributed by atoms with Crippen molar-refractivity contribution in [1.29, 1.82) is 0 Å². The minimum Gasteiger partial charge on any atom is -0.493 e. The molecule has 1 amide bonds. The topological polar surface area (TPSA) is 65.4 Å². The number of ether oxygens (including phenoxy) is 2. The van der Waals surface area contributed by atoms with E-state index in [9.17, 15) is 4.79 Å². The zero-order valence-electron chi connectivity index (χ0n) is 13.1. The molecule has 2 rings (SSSR count). The largest absolute Gasteiger partial charge is 0.493 e. The molecule has 0 spiro atoms. The van der Waals surface area contributed by atoms with Crippen molar-refractivity contribution >= 4 is 11.7 Å². The monoisotopic (exact) mass is 303 g/mol. The molecular formula is C16H21N3O3. The summed E-state index contributed by atoms with van der Waals surface area (Å²) in [6, 6.07) is 6.85. The minimum absolute atomic E-state index is 0.209. The third-order valence-electron chi connectivity index (χ3n) is 3.33. The Balaban J connectivity index is 2.14. The lowest BCUT2D eigenvalue weighted by molar-refractivity contribution is 0.102. The predicted molar refractivity (Wildman–Crippen MR) is 84.6 cm³/mol. The number of nitrogens with one attached hydrogen (secondary N) is 1. The first kappa shape index (κ1) is 15.9. The smallest absolute Gasteiger partial charge is 0.256 e. The number of nitrogens with zero attached hydrogens (tertiary/aromatic N) is 2. The molecule has 0 saturated heterocycles. The van der Waals surface area contributed by atoms with Crippen LogP contribution in [0.1, 0.15) is 30.1 Å². The second kappa shape index (κ2) is 7.49. The average molecular weight is 303 g/mol. The first-order valence-corrected chi connectivity index (χ1v) is 7.24. The van der Waals surface area contributed by atoms with Crippen LogP contribution in [0.25, 0.3) is 0 Å². The fourth-order valence-electron chi connectivity index (χ4n) is 2.09. The Hall–Kier alpha value is -2.50. The maximum absolute atomic E-state index is 12.4. The first-order chi connectivity index (χ1) is 10.7. The summed E-state index contributed by atoms with van der Waals surface area (Å²) in [4.78, 5) is 12.4. The van der Waals surface area contributed by atoms with Gasteiger partial charge in [0.2, 0.25) is 0 Å². The molecule has 6 nitrogen and oxygen atoms in total. The van der Waals surface area contributed by atoms with E-state index in [4.69, 9.17) is 9.47 Å². The number of anilines is 1. The van der Waals surface area contributed by atoms with Gasteiger partial charge in [0.05, 0.1) is 20.4 Å². The number of hydrogen-bond acceptors (Lipinski definition) is 4. The quantitative estimate of drug-likeness (QED) is 0.854. The molecule has 1 aromatic heterocycles. The summed E-state index contributed by atoms with van der Waals surface area (Å²) >= 11 is 0. The van der Waals surface area contributed by atoms with Crippen molar-refractivity contribution in [3.63, 3.8) is 0 Å². The van der Waals surface area contributed by atoms with Gasteiger partial charge in [0, 0.05) is 18.2 Å². The van der Waals surface area contributed by atoms with E-state index in [1.807, 2.05) is 0 Å². The van der Waals surface area contributed by atoms with Gasteiger partial charge < -0.3 is 14.8 Å². The minimum atomic E-state index is -0.209. The van der Waals surface area contributed by atoms with Crippen molar-refractivity contribution < 1.29 is 14.3 Å². The molecule has 6 heteroatoms. The van der Waals surface area contributed by atoms with E-state index in [0.717, 1.165) is 19.4 Å². The van der Waals surface area contributed by atoms with Gasteiger partial charge in [-0.3, -0.25) is 4.79 Å². The first-order valence-electron chi connectivity index (χ1n) is 7.24. The van der Waals surface area contributed by atoms with E-state index in [-0.39, 0.29) is 5.91 Å². The van der Waals surface area contributed by atoms with Gasteiger partial charge in [-0.1, -0.05) is 13.3 Å². The van der Waals surface area contributed by atoms with E-state index in [2.05, 4.69) is 17.3 Å². The molecule has 0 aliphatic heterocycles. The molecule has 0 fully saturated rings. The molecule has 0 bridgehead atoms. The Labute approximate surface area is 130 Å². The van der Waals surface area contributed by atoms with Crippen LogP contribution in [0.2, 0.25) is 0 Å². The normalized spacial score (nSPS) is 10.3. The summed E-state index contributed by atoms with van der Waals surface area (Å²) in [6.07, 6.45) is 3.77. The van der Waals surface area contributed by atoms with Crippen LogP contribution in [0.5, 0.6) is 11.5 Å². The van der Waals surface area contributed by atoms with Crippen LogP contribution in [-0.2, 0) is 6.54 Å². The van der Waals surface area contributed by atoms with Crippen LogP contribution in [0.3, 0.4) is 0 Å². The van der Waals surface area contributed by atoms with Crippen molar-refractivity contribution in [3.8, 4) is 11.5 Å². The van der Waals surface area contributed by atoms with Crippen LogP contribution in [-0.4, -0.2) is 29.9 Å². The summed E-state index contributed by atoms with van der Waals surface area (Å²) in [5, 5.41) is 7.09. The van der Waals surface area contributed by atoms with Gasteiger partial charge in [-0.15, -0.1) is 0 Å². The molecule has 0 aliphatic rings. The van der Waals surface area contributed by atoms with E-state index in [1.165, 1.54) is 0 Å². The van der Waals surface area contributed by atoms with Crippen LogP contribution < -0.4 is 14.8 Å². The second-order valence-corrected chi connectivity index (χ2v) is 4.82. The number of hydrogen-bond donors (Lipinski definition) is 1. The fourth-order valence-corrected chi connectivity index (χ4v) is 2.09. The Kier molecular flexibility index (Phi) is 5.41. The molecule has 0 radical (unpaired) electrons. The molecule has 1 aromatic carbocycles. The summed E-state index contributed by atoms with van der Waals surface area (Å²) in [5.41, 5.74) is 0.501. The van der Waals surface area contributed by atoms with Gasteiger partial charge in [-0.05, 0) is 24.6 Å². The maximum Gasteiger partial charge on any atom is 0.256 e. The number of unbranched alkanes of at least 4 members (excludes halogenated alkanes) is 1. The Morgan fingerprint density at radius 1 is 1.23 bits per heavy atom. The number of amides is 1. The molecule has 0 atom stereocenters. The Morgan fingerprint density at radius 2 is 2.00 bits per heavy atom. The number of rotatable bonds is 7. The average Bonchev–Trinajstić information content (AvgIpc) is 2.99. The van der Waals surface area contributed by atoms with Crippen LogP contribution >= 0.6 is 0 Å². The van der Waals surface area contributed by atoms with Gasteiger partial charge in [-0.25, -0.2) is 4.68 Å². The predicted octanol–water partition coefficient (Wildman–Crippen LogP) is 2.95. The summed E-state index contributed by atoms with van der Waals surface area (Å²) < 4.78 is 12.2. The highest BCUT2D eigenvalue weighted by molar-refractivity contribution is 6.04. The molecule has 2 aromatic rings. The molecule has 1 N–H and O–H groups in total. The van der Waals surface area contributed by atoms with Gasteiger partial charge in [0.15, 0.2) is 11.5 Å². The van der Waals surface area contributed by atoms with Crippen molar-refractivity contribution in [3.05, 3.63) is 36.0 Å². The lowest BCUT2D eigenvalue weighted by Crippen LogP contribution is -2.16. The molecule has 22 heavy (non-hydrogen) atoms. The third-order valence-corrected chi connectivity index (χ3v) is 3.33. The summed E-state index contributed by atoms with van der Waals surface area (Å²) in [7, 11) is 3.10. The van der Waals surface area contributed by atoms with E-state index in [1.54, 1.807) is 49.4 Å². The molecule has 118 valence electrons. The zero-order valence-corrected chi connectivity index (χ0v) is 13.1. The highest BCUT2D eigenvalue weighted by Crippen LogP contribution is 2.27. The molecule has 0 unspecified atom stereocenters. The van der Waals surface area contributed by atoms with Crippen LogP contribution in [0, 0.1) is 0 Å². The number of methoxy groups -OCH3 is 2. The number of carbonyl (C=O) groups is 1. The SMILES string of the molecule is CCCCn1nccc1NC(=O)c1ccc(OC)c(OC)c1. The second-order valence-electron chi connectivity index (χ2n) is 4.82. The summed E-state index contributed by atoms with van der Waals surface area (Å²) in [6.45, 7) is 2.90. The maximum atomic E-state index is 12.4. The molecule has 1 heterocycles. The third kappa shape index (κ3) is 3.58. The molecule has 0 saturated carbocycles. The highest BCUT2D eigenvalue weighted by atomic mass is 16.5. The Morgan fingerprint density at radius 3 is 2.68 bits per heavy atom. The van der Waals surface area contributed by atoms with Crippen molar-refractivity contribution in [2.24, 2.45) is 0 Å². The van der Waals surface area contributed by atoms with Crippen molar-refractivity contribution in [2.75, 3.05) is 19.5 Å². The molecule has 0 aliphatic carbocycles. The highest BCUT2D eigenvalue weighted by Gasteiger charge is 2.12. The van der Waals surface area contributed by atoms with Gasteiger partial charge in [0.25, 0.3) is 5.91 Å². The van der Waals surface area contributed by atoms with Crippen molar-refractivity contribution in [1.82, 2.24) is 9.78 Å². The van der Waals surface area contributed by atoms with E-state index in [0.29, 0.717) is 22.9 Å². The van der Waals surface area contributed by atoms with Crippen LogP contribution in [0.4, 0.5) is 5.82 Å². The molecular weight excluding hydrogens is 282 g/mol. The van der Waals surface area contributed by atoms with Crippen LogP contribution in [0.15, 0.2) is 30.5 Å². The van der Waals surface area contributed by atoms with Gasteiger partial charge in [-0.2, -0.15) is 5.10 Å².